The number of piperazine rings is 1. The summed E-state index contributed by atoms with van der Waals surface area (Å²) in [7, 11) is 1.64. The van der Waals surface area contributed by atoms with E-state index in [1.807, 2.05) is 41.4 Å². The molecule has 0 saturated carbocycles. The maximum absolute atomic E-state index is 13.9. The molecule has 4 aromatic rings. The van der Waals surface area contributed by atoms with Crippen LogP contribution in [0.25, 0.3) is 10.9 Å². The number of anilines is 2. The highest BCUT2D eigenvalue weighted by Crippen LogP contribution is 2.33. The maximum atomic E-state index is 13.9. The lowest BCUT2D eigenvalue weighted by atomic mass is 9.94. The van der Waals surface area contributed by atoms with Gasteiger partial charge in [0.05, 0.1) is 13.2 Å². The van der Waals surface area contributed by atoms with Crippen molar-refractivity contribution in [2.45, 2.75) is 18.9 Å². The van der Waals surface area contributed by atoms with Crippen LogP contribution in [0.3, 0.4) is 0 Å². The van der Waals surface area contributed by atoms with E-state index >= 15 is 0 Å². The number of benzene rings is 3. The van der Waals surface area contributed by atoms with Gasteiger partial charge in [-0.15, -0.1) is 0 Å². The van der Waals surface area contributed by atoms with E-state index in [-0.39, 0.29) is 11.9 Å². The first-order valence-corrected chi connectivity index (χ1v) is 12.8. The predicted octanol–water partition coefficient (Wildman–Crippen LogP) is 4.96. The Bertz CT molecular complexity index is 1370. The summed E-state index contributed by atoms with van der Waals surface area (Å²) >= 11 is 0. The lowest BCUT2D eigenvalue weighted by Crippen LogP contribution is -2.54. The number of ether oxygens (including phenoxy) is 1. The third kappa shape index (κ3) is 4.22. The number of hydrogen-bond donors (Lipinski definition) is 1. The second-order valence-electron chi connectivity index (χ2n) is 9.73. The van der Waals surface area contributed by atoms with Gasteiger partial charge in [-0.3, -0.25) is 9.69 Å². The summed E-state index contributed by atoms with van der Waals surface area (Å²) in [6.07, 6.45) is 3.98. The van der Waals surface area contributed by atoms with Gasteiger partial charge in [0.1, 0.15) is 5.75 Å². The zero-order valence-electron chi connectivity index (χ0n) is 20.7. The van der Waals surface area contributed by atoms with E-state index < -0.39 is 0 Å². The number of methoxy groups -OCH3 is 1. The average molecular weight is 481 g/mol. The van der Waals surface area contributed by atoms with Gasteiger partial charge in [0.2, 0.25) is 0 Å². The van der Waals surface area contributed by atoms with E-state index in [0.29, 0.717) is 11.3 Å². The van der Waals surface area contributed by atoms with Crippen LogP contribution >= 0.6 is 0 Å². The van der Waals surface area contributed by atoms with Crippen LogP contribution < -0.4 is 14.5 Å². The van der Waals surface area contributed by atoms with E-state index in [1.54, 1.807) is 7.11 Å². The van der Waals surface area contributed by atoms with Gasteiger partial charge in [-0.2, -0.15) is 0 Å². The number of hydrogen-bond acceptors (Lipinski definition) is 4. The fourth-order valence-electron chi connectivity index (χ4n) is 5.76. The maximum Gasteiger partial charge on any atom is 0.258 e. The molecule has 1 unspecified atom stereocenters. The molecule has 1 amide bonds. The molecule has 36 heavy (non-hydrogen) atoms. The van der Waals surface area contributed by atoms with E-state index in [4.69, 9.17) is 4.74 Å². The monoisotopic (exact) mass is 480 g/mol. The third-order valence-electron chi connectivity index (χ3n) is 7.65. The quantitative estimate of drug-likeness (QED) is 0.439. The third-order valence-corrected chi connectivity index (χ3v) is 7.65. The Hall–Kier alpha value is -3.77. The Balaban J connectivity index is 1.21. The number of aromatic nitrogens is 1. The largest absolute Gasteiger partial charge is 0.497 e. The lowest BCUT2D eigenvalue weighted by Gasteiger charge is -2.42. The van der Waals surface area contributed by atoms with Crippen molar-refractivity contribution in [3.05, 3.63) is 90.1 Å². The number of aryl methyl sites for hydroxylation is 1. The molecule has 1 saturated heterocycles. The van der Waals surface area contributed by atoms with Crippen molar-refractivity contribution >= 4 is 28.2 Å². The topological polar surface area (TPSA) is 51.8 Å². The first-order chi connectivity index (χ1) is 17.7. The first kappa shape index (κ1) is 22.7. The number of fused-ring (bicyclic) bond motifs is 2. The highest BCUT2D eigenvalue weighted by atomic mass is 16.5. The van der Waals surface area contributed by atoms with Crippen LogP contribution in [0.5, 0.6) is 5.75 Å². The summed E-state index contributed by atoms with van der Waals surface area (Å²) in [4.78, 5) is 24.2. The second-order valence-corrected chi connectivity index (χ2v) is 9.73. The van der Waals surface area contributed by atoms with Crippen molar-refractivity contribution in [1.29, 1.82) is 0 Å². The van der Waals surface area contributed by atoms with Gasteiger partial charge in [-0.05, 0) is 60.9 Å². The van der Waals surface area contributed by atoms with Gasteiger partial charge < -0.3 is 19.5 Å². The molecule has 0 spiro atoms. The molecule has 1 aromatic heterocycles. The van der Waals surface area contributed by atoms with E-state index in [0.717, 1.165) is 51.3 Å². The van der Waals surface area contributed by atoms with E-state index in [2.05, 4.69) is 57.2 Å². The number of H-pyrrole nitrogens is 1. The van der Waals surface area contributed by atoms with Gasteiger partial charge in [0.25, 0.3) is 5.91 Å². The number of aromatic amines is 1. The highest BCUT2D eigenvalue weighted by molar-refractivity contribution is 6.07. The SMILES string of the molecule is COc1cccc(C(=O)N2c3ccccc3CCC2CN2CCN(c3cccc4[nH]ccc34)CC2)c1. The van der Waals surface area contributed by atoms with Gasteiger partial charge in [0, 0.05) is 66.8 Å². The number of nitrogens with one attached hydrogen (secondary N) is 1. The molecule has 0 radical (unpaired) electrons. The molecule has 6 heteroatoms. The summed E-state index contributed by atoms with van der Waals surface area (Å²) in [6, 6.07) is 24.6. The van der Waals surface area contributed by atoms with Crippen molar-refractivity contribution in [3.63, 3.8) is 0 Å². The minimum absolute atomic E-state index is 0.0452. The number of rotatable bonds is 5. The summed E-state index contributed by atoms with van der Waals surface area (Å²) in [6.45, 7) is 4.82. The summed E-state index contributed by atoms with van der Waals surface area (Å²) in [5, 5.41) is 1.28. The van der Waals surface area contributed by atoms with Crippen LogP contribution in [0, 0.1) is 0 Å². The smallest absolute Gasteiger partial charge is 0.258 e. The summed E-state index contributed by atoms with van der Waals surface area (Å²) in [5.74, 6) is 0.750. The van der Waals surface area contributed by atoms with E-state index in [1.165, 1.54) is 22.2 Å². The molecule has 0 aliphatic carbocycles. The molecule has 1 atom stereocenters. The minimum atomic E-state index is 0.0452. The second kappa shape index (κ2) is 9.70. The van der Waals surface area contributed by atoms with Gasteiger partial charge in [-0.1, -0.05) is 30.3 Å². The Morgan fingerprint density at radius 2 is 1.75 bits per heavy atom. The summed E-state index contributed by atoms with van der Waals surface area (Å²) < 4.78 is 5.39. The Morgan fingerprint density at radius 3 is 2.61 bits per heavy atom. The fourth-order valence-corrected chi connectivity index (χ4v) is 5.76. The van der Waals surface area contributed by atoms with Crippen LogP contribution in [0.4, 0.5) is 11.4 Å². The van der Waals surface area contributed by atoms with Crippen molar-refractivity contribution in [2.24, 2.45) is 0 Å². The number of carbonyl (C=O) groups excluding carboxylic acids is 1. The van der Waals surface area contributed by atoms with E-state index in [9.17, 15) is 4.79 Å². The molecule has 2 aliphatic heterocycles. The summed E-state index contributed by atoms with van der Waals surface area (Å²) in [5.41, 5.74) is 5.44. The Morgan fingerprint density at radius 1 is 0.944 bits per heavy atom. The van der Waals surface area contributed by atoms with Gasteiger partial charge in [-0.25, -0.2) is 0 Å². The molecule has 1 fully saturated rings. The average Bonchev–Trinajstić information content (AvgIpc) is 3.42. The molecule has 2 aliphatic rings. The van der Waals surface area contributed by atoms with Crippen molar-refractivity contribution in [1.82, 2.24) is 9.88 Å². The molecular weight excluding hydrogens is 448 g/mol. The molecule has 1 N–H and O–H groups in total. The van der Waals surface area contributed by atoms with Crippen molar-refractivity contribution in [3.8, 4) is 5.75 Å². The van der Waals surface area contributed by atoms with Crippen LogP contribution in [0.1, 0.15) is 22.3 Å². The molecular formula is C30H32N4O2. The van der Waals surface area contributed by atoms with Crippen LogP contribution in [-0.4, -0.2) is 61.7 Å². The first-order valence-electron chi connectivity index (χ1n) is 12.8. The van der Waals surface area contributed by atoms with Crippen molar-refractivity contribution < 1.29 is 9.53 Å². The van der Waals surface area contributed by atoms with Gasteiger partial charge >= 0.3 is 0 Å². The van der Waals surface area contributed by atoms with Gasteiger partial charge in [0.15, 0.2) is 0 Å². The lowest BCUT2D eigenvalue weighted by molar-refractivity contribution is 0.0962. The number of nitrogens with zero attached hydrogens (tertiary/aromatic N) is 3. The molecule has 184 valence electrons. The predicted molar refractivity (Wildman–Crippen MR) is 145 cm³/mol. The standard InChI is InChI=1S/C30H32N4O2/c1-36-25-8-4-7-23(20-25)30(35)34-24(13-12-22-6-2-3-10-28(22)34)21-32-16-18-33(19-17-32)29-11-5-9-27-26(29)14-15-31-27/h2-11,14-15,20,24,31H,12-13,16-19,21H2,1H3. The zero-order chi connectivity index (χ0) is 24.5. The normalized spacial score (nSPS) is 18.3. The fraction of sp³-hybridized carbons (Fsp3) is 0.300. The molecule has 3 aromatic carbocycles. The Labute approximate surface area is 212 Å². The Kier molecular flexibility index (Phi) is 6.11. The van der Waals surface area contributed by atoms with Crippen LogP contribution in [0.15, 0.2) is 79.0 Å². The number of carbonyl (C=O) groups is 1. The molecule has 6 nitrogen and oxygen atoms in total. The number of amides is 1. The minimum Gasteiger partial charge on any atom is -0.497 e. The zero-order valence-corrected chi connectivity index (χ0v) is 20.7. The van der Waals surface area contributed by atoms with Crippen molar-refractivity contribution in [2.75, 3.05) is 49.6 Å². The number of para-hydroxylation sites is 1. The van der Waals surface area contributed by atoms with Crippen LogP contribution in [0.2, 0.25) is 0 Å². The van der Waals surface area contributed by atoms with Crippen LogP contribution in [-0.2, 0) is 6.42 Å². The molecule has 3 heterocycles. The highest BCUT2D eigenvalue weighted by Gasteiger charge is 2.33. The molecule has 0 bridgehead atoms. The molecule has 6 rings (SSSR count).